The van der Waals surface area contributed by atoms with Crippen molar-refractivity contribution in [2.45, 2.75) is 392 Å². The Morgan fingerprint density at radius 1 is 0.434 bits per heavy atom. The Bertz CT molecular complexity index is 2670. The number of amides is 2. The van der Waals surface area contributed by atoms with Gasteiger partial charge in [0, 0.05) is 93.2 Å². The van der Waals surface area contributed by atoms with Crippen LogP contribution in [0.2, 0.25) is 0 Å². The molecule has 1 aliphatic rings. The van der Waals surface area contributed by atoms with Crippen molar-refractivity contribution in [1.29, 1.82) is 5.41 Å². The second-order valence-corrected chi connectivity index (χ2v) is 46.1. The van der Waals surface area contributed by atoms with Crippen LogP contribution < -0.4 is 40.7 Å². The summed E-state index contributed by atoms with van der Waals surface area (Å²) in [6.45, 7) is 110. The van der Waals surface area contributed by atoms with E-state index in [4.69, 9.17) is 36.9 Å². The molecule has 1 aliphatic heterocycles. The fourth-order valence-corrected chi connectivity index (χ4v) is 11.6. The van der Waals surface area contributed by atoms with Crippen LogP contribution in [0.4, 0.5) is 13.6 Å². The number of ether oxygens (including phenoxy) is 2. The zero-order chi connectivity index (χ0) is 92.3. The van der Waals surface area contributed by atoms with Crippen molar-refractivity contribution in [2.24, 2.45) is 137 Å². The molecule has 1 saturated heterocycles. The van der Waals surface area contributed by atoms with Gasteiger partial charge in [0.15, 0.2) is 11.6 Å². The Kier molecular flexibility index (Phi) is 60.1. The standard InChI is InChI=1S/C13H10O.C11H22O2.C11H24.C10H21N3O.C9H18F2.C9H20N2.C9H19NO.C9H19N.2C6H14.CH4.H4N2.H3NO.H3N/c14-13(11-7-3-1-4-8-11)12-9-5-2-6-10-12;1-9(2,3)11(10(4,5)6)12-7-8-13-11;1-9(2,3)11(7,8)10(4,5)6;1-9(2,3)7(10(4,5)6)12-13-8(11)14;1-7(2,3)9(10,11)8(4,5)6;1-8(2,3)7(11-10)9(4,5)6;1-8(2,3)7(10-11)9(4,5)6;1-8(2,3)7(10)9(4,5)6;2*1-5-6(2,3)4;;2*1-2;/h1-10H;7-8H2,1-6H3;1-8H3;1-6H3,(H3,11,13,14);1-6H3;10H2,1-6H3;11H,1-6H3;10H,1-6H3;2*5H2,1-4H3;1H4;1-2H2;2H,1H2;1H3. The third kappa shape index (κ3) is 56.3. The largest absolute Gasteiger partial charge is 0.411 e. The fraction of sp³-hybridized carbons (Fsp3) is 0.809. The van der Waals surface area contributed by atoms with Crippen LogP contribution >= 0.6 is 0 Å². The summed E-state index contributed by atoms with van der Waals surface area (Å²) in [5.41, 5.74) is 12.6. The maximum atomic E-state index is 13.4. The summed E-state index contributed by atoms with van der Waals surface area (Å²) in [6.07, 6.45) is 2.54. The topological polar surface area (TPSA) is 331 Å². The van der Waals surface area contributed by atoms with Gasteiger partial charge < -0.3 is 43.0 Å². The quantitative estimate of drug-likeness (QED) is 0.0453. The van der Waals surface area contributed by atoms with Gasteiger partial charge in [-0.2, -0.15) is 10.2 Å². The van der Waals surface area contributed by atoms with Crippen LogP contribution in [0, 0.1) is 97.5 Å². The summed E-state index contributed by atoms with van der Waals surface area (Å²) in [6, 6.07) is 18.0. The number of nitrogens with zero attached hydrogens (tertiary/aromatic N) is 3. The maximum Gasteiger partial charge on any atom is 0.332 e. The first kappa shape index (κ1) is 132. The molecule has 2 amide bonds. The van der Waals surface area contributed by atoms with Gasteiger partial charge >= 0.3 is 6.03 Å². The van der Waals surface area contributed by atoms with Crippen molar-refractivity contribution >= 4 is 34.7 Å². The molecule has 0 aromatic heterocycles. The SMILES string of the molecule is C.CC(C)(C)C(=N)C(C)(C)C.CC(C)(C)C(=NN)C(C)(C)C.CC(C)(C)C(=NNC(N)=O)C(C)(C)C.CC(C)(C)C(=NO)C(C)(C)C.CC(C)(C)C(C)(C)C(C)(C)C.CC(C)(C)C(F)(F)C(C)(C)C.CC(C)(C)C1(C(C)(C)C)OCCO1.CCC(C)(C)C.CCC(C)(C)C.N.NN.NO.O=C(c1ccccc1)c1ccccc1. The highest BCUT2D eigenvalue weighted by molar-refractivity contribution is 6.08. The predicted octanol–water partition coefficient (Wildman–Crippen LogP) is 27.9. The number of hydrogen-bond acceptors (Lipinski definition) is 15. The molecule has 0 spiro atoms. The van der Waals surface area contributed by atoms with Crippen molar-refractivity contribution in [1.82, 2.24) is 11.6 Å². The van der Waals surface area contributed by atoms with E-state index in [1.54, 1.807) is 41.5 Å². The highest BCUT2D eigenvalue weighted by atomic mass is 19.3. The van der Waals surface area contributed by atoms with Crippen molar-refractivity contribution < 1.29 is 38.3 Å². The van der Waals surface area contributed by atoms with Crippen LogP contribution in [0.1, 0.15) is 396 Å². The number of hydrogen-bond donors (Lipinski definition) is 10. The number of halogens is 2. The minimum absolute atomic E-state index is 0. The van der Waals surface area contributed by atoms with Crippen LogP contribution in [0.25, 0.3) is 0 Å². The first-order chi connectivity index (χ1) is 48.3. The molecular weight excluding hydrogens is 1420 g/mol. The number of benzene rings is 2. The van der Waals surface area contributed by atoms with E-state index in [1.807, 2.05) is 102 Å². The average molecular weight is 1610 g/mol. The highest BCUT2D eigenvalue weighted by Gasteiger charge is 2.56. The van der Waals surface area contributed by atoms with Crippen LogP contribution in [0.15, 0.2) is 76.0 Å². The van der Waals surface area contributed by atoms with Gasteiger partial charge in [-0.05, 0) is 27.1 Å². The number of alkyl halides is 2. The Morgan fingerprint density at radius 2 is 0.655 bits per heavy atom. The Hall–Kier alpha value is -4.76. The first-order valence-electron chi connectivity index (χ1n) is 39.9. The zero-order valence-corrected chi connectivity index (χ0v) is 83.3. The molecule has 0 atom stereocenters. The molecular formula is C94H195F2N11O6. The summed E-state index contributed by atoms with van der Waals surface area (Å²) in [7, 11) is 0. The number of hydrazine groups is 1. The lowest BCUT2D eigenvalue weighted by molar-refractivity contribution is -0.279. The van der Waals surface area contributed by atoms with Crippen molar-refractivity contribution in [3.05, 3.63) is 71.8 Å². The molecule has 0 unspecified atom stereocenters. The molecule has 676 valence electrons. The molecule has 1 heterocycles. The number of carbonyl (C=O) groups excluding carboxylic acids is 2. The molecule has 17 N–H and O–H groups in total. The van der Waals surface area contributed by atoms with Gasteiger partial charge in [-0.15, -0.1) is 0 Å². The lowest BCUT2D eigenvalue weighted by Gasteiger charge is -2.49. The van der Waals surface area contributed by atoms with E-state index in [1.165, 1.54) is 12.8 Å². The minimum atomic E-state index is -2.63. The van der Waals surface area contributed by atoms with E-state index in [-0.39, 0.29) is 73.5 Å². The molecule has 19 heteroatoms. The van der Waals surface area contributed by atoms with Crippen LogP contribution in [-0.2, 0) is 9.47 Å². The summed E-state index contributed by atoms with van der Waals surface area (Å²) in [5.74, 6) is 13.9. The number of ketones is 1. The number of rotatable bonds is 3. The van der Waals surface area contributed by atoms with Gasteiger partial charge in [-0.1, -0.05) is 446 Å². The number of carbonyl (C=O) groups is 2. The van der Waals surface area contributed by atoms with Crippen molar-refractivity contribution in [2.75, 3.05) is 13.2 Å². The number of oxime groups is 1. The van der Waals surface area contributed by atoms with Gasteiger partial charge in [-0.25, -0.2) is 24.9 Å². The number of hydrazone groups is 2. The van der Waals surface area contributed by atoms with Gasteiger partial charge in [0.1, 0.15) is 0 Å². The number of urea groups is 1. The number of primary amides is 1. The van der Waals surface area contributed by atoms with E-state index < -0.39 is 28.6 Å². The molecule has 2 aromatic rings. The number of nitrogens with two attached hydrogens (primary N) is 5. The first-order valence-corrected chi connectivity index (χ1v) is 39.9. The van der Waals surface area contributed by atoms with E-state index in [2.05, 4.69) is 315 Å². The van der Waals surface area contributed by atoms with E-state index in [0.29, 0.717) is 40.3 Å². The molecule has 1 fully saturated rings. The van der Waals surface area contributed by atoms with Gasteiger partial charge in [0.05, 0.1) is 18.9 Å². The van der Waals surface area contributed by atoms with Gasteiger partial charge in [0.25, 0.3) is 5.92 Å². The molecule has 0 aliphatic carbocycles. The maximum absolute atomic E-state index is 13.4. The summed E-state index contributed by atoms with van der Waals surface area (Å²) >= 11 is 0. The van der Waals surface area contributed by atoms with E-state index in [9.17, 15) is 18.4 Å². The third-order valence-corrected chi connectivity index (χ3v) is 18.8. The molecule has 0 bridgehead atoms. The monoisotopic (exact) mass is 1610 g/mol. The highest BCUT2D eigenvalue weighted by Crippen LogP contribution is 2.52. The normalized spacial score (nSPS) is 13.5. The van der Waals surface area contributed by atoms with Crippen molar-refractivity contribution in [3.63, 3.8) is 0 Å². The van der Waals surface area contributed by atoms with Crippen LogP contribution in [0.5, 0.6) is 0 Å². The second kappa shape index (κ2) is 51.5. The Balaban J connectivity index is -0.000000114. The molecule has 113 heavy (non-hydrogen) atoms. The summed E-state index contributed by atoms with van der Waals surface area (Å²) < 4.78 is 38.6. The van der Waals surface area contributed by atoms with Gasteiger partial charge in [-0.3, -0.25) is 16.5 Å². The molecule has 3 rings (SSSR count). The van der Waals surface area contributed by atoms with Gasteiger partial charge in [0.2, 0.25) is 0 Å². The Morgan fingerprint density at radius 3 is 0.743 bits per heavy atom. The molecule has 0 radical (unpaired) electrons. The van der Waals surface area contributed by atoms with Crippen LogP contribution in [-0.4, -0.2) is 70.0 Å². The van der Waals surface area contributed by atoms with Crippen molar-refractivity contribution in [3.8, 4) is 0 Å². The van der Waals surface area contributed by atoms with E-state index in [0.717, 1.165) is 34.0 Å². The lowest BCUT2D eigenvalue weighted by atomic mass is 9.56. The molecule has 0 saturated carbocycles. The lowest BCUT2D eigenvalue weighted by Crippen LogP contribution is -2.54. The third-order valence-electron chi connectivity index (χ3n) is 18.8. The molecule has 2 aromatic carbocycles. The summed E-state index contributed by atoms with van der Waals surface area (Å²) in [4.78, 5) is 22.4. The Labute approximate surface area is 700 Å². The number of nitrogens with one attached hydrogen (secondary N) is 2. The zero-order valence-electron chi connectivity index (χ0n) is 83.3. The molecule has 17 nitrogen and oxygen atoms in total. The predicted molar refractivity (Wildman–Crippen MR) is 496 cm³/mol. The average Bonchev–Trinajstić information content (AvgIpc) is 1.68. The fourth-order valence-electron chi connectivity index (χ4n) is 11.6. The smallest absolute Gasteiger partial charge is 0.332 e. The minimum Gasteiger partial charge on any atom is -0.411 e. The second-order valence-electron chi connectivity index (χ2n) is 46.1. The summed E-state index contributed by atoms with van der Waals surface area (Å²) in [5, 5.41) is 34.3. The van der Waals surface area contributed by atoms with Crippen LogP contribution in [0.3, 0.4) is 0 Å². The van der Waals surface area contributed by atoms with E-state index >= 15 is 0 Å².